The van der Waals surface area contributed by atoms with E-state index in [1.807, 2.05) is 37.3 Å². The molecule has 4 aromatic rings. The van der Waals surface area contributed by atoms with E-state index in [0.29, 0.717) is 28.5 Å². The molecule has 0 radical (unpaired) electrons. The summed E-state index contributed by atoms with van der Waals surface area (Å²) in [7, 11) is 1.60. The van der Waals surface area contributed by atoms with Crippen LogP contribution in [0.15, 0.2) is 83.4 Å². The molecule has 0 spiro atoms. The lowest BCUT2D eigenvalue weighted by Crippen LogP contribution is -2.27. The minimum atomic E-state index is -0.316. The molecule has 0 saturated carbocycles. The largest absolute Gasteiger partial charge is 0.497 e. The van der Waals surface area contributed by atoms with Crippen molar-refractivity contribution in [2.45, 2.75) is 13.0 Å². The van der Waals surface area contributed by atoms with Crippen molar-refractivity contribution in [1.29, 1.82) is 0 Å². The lowest BCUT2D eigenvalue weighted by atomic mass is 10.0. The Morgan fingerprint density at radius 1 is 1.06 bits per heavy atom. The van der Waals surface area contributed by atoms with Crippen molar-refractivity contribution >= 4 is 5.91 Å². The van der Waals surface area contributed by atoms with Gasteiger partial charge in [-0.15, -0.1) is 0 Å². The molecule has 1 heterocycles. The molecule has 4 rings (SSSR count). The highest BCUT2D eigenvalue weighted by atomic mass is 19.1. The van der Waals surface area contributed by atoms with Gasteiger partial charge in [-0.25, -0.2) is 9.37 Å². The fourth-order valence-corrected chi connectivity index (χ4v) is 3.29. The van der Waals surface area contributed by atoms with Crippen molar-refractivity contribution in [2.75, 3.05) is 7.11 Å². The Labute approximate surface area is 179 Å². The Morgan fingerprint density at radius 3 is 2.61 bits per heavy atom. The predicted octanol–water partition coefficient (Wildman–Crippen LogP) is 5.65. The zero-order valence-electron chi connectivity index (χ0n) is 17.1. The molecule has 0 unspecified atom stereocenters. The summed E-state index contributed by atoms with van der Waals surface area (Å²) in [6.07, 6.45) is 1.62. The fraction of sp³-hybridized carbons (Fsp3) is 0.120. The fourth-order valence-electron chi connectivity index (χ4n) is 3.29. The molecular weight excluding hydrogens is 395 g/mol. The highest BCUT2D eigenvalue weighted by Crippen LogP contribution is 2.30. The Hall–Kier alpha value is -3.93. The van der Waals surface area contributed by atoms with Crippen LogP contribution < -0.4 is 10.1 Å². The van der Waals surface area contributed by atoms with E-state index in [4.69, 9.17) is 9.15 Å². The number of carbonyl (C=O) groups excluding carboxylic acids is 1. The average molecular weight is 416 g/mol. The number of carbonyl (C=O) groups is 1. The van der Waals surface area contributed by atoms with Crippen LogP contribution in [-0.4, -0.2) is 18.0 Å². The Morgan fingerprint density at radius 2 is 1.84 bits per heavy atom. The number of hydrogen-bond donors (Lipinski definition) is 1. The molecule has 0 aliphatic rings. The van der Waals surface area contributed by atoms with Crippen LogP contribution in [-0.2, 0) is 0 Å². The third-order valence-corrected chi connectivity index (χ3v) is 4.98. The maximum absolute atomic E-state index is 13.2. The normalized spacial score (nSPS) is 11.7. The summed E-state index contributed by atoms with van der Waals surface area (Å²) in [5, 5.41) is 2.95. The van der Waals surface area contributed by atoms with Crippen LogP contribution in [0.4, 0.5) is 4.39 Å². The zero-order valence-corrected chi connectivity index (χ0v) is 17.1. The van der Waals surface area contributed by atoms with E-state index in [9.17, 15) is 9.18 Å². The van der Waals surface area contributed by atoms with E-state index < -0.39 is 0 Å². The number of aromatic nitrogens is 1. The van der Waals surface area contributed by atoms with E-state index in [2.05, 4.69) is 10.3 Å². The van der Waals surface area contributed by atoms with Crippen molar-refractivity contribution in [2.24, 2.45) is 0 Å². The lowest BCUT2D eigenvalue weighted by molar-refractivity contribution is 0.0940. The molecule has 0 fully saturated rings. The Bertz CT molecular complexity index is 1200. The van der Waals surface area contributed by atoms with Crippen molar-refractivity contribution in [3.63, 3.8) is 0 Å². The van der Waals surface area contributed by atoms with Crippen LogP contribution in [0.5, 0.6) is 5.75 Å². The number of nitrogens with one attached hydrogen (secondary N) is 1. The van der Waals surface area contributed by atoms with Crippen molar-refractivity contribution < 1.29 is 18.3 Å². The highest BCUT2D eigenvalue weighted by Gasteiger charge is 2.19. The van der Waals surface area contributed by atoms with Gasteiger partial charge in [0, 0.05) is 11.1 Å². The smallest absolute Gasteiger partial charge is 0.252 e. The third kappa shape index (κ3) is 4.48. The highest BCUT2D eigenvalue weighted by molar-refractivity contribution is 6.00. The van der Waals surface area contributed by atoms with E-state index in [1.165, 1.54) is 12.1 Å². The zero-order chi connectivity index (χ0) is 21.8. The summed E-state index contributed by atoms with van der Waals surface area (Å²) in [5.74, 6) is 1.05. The van der Waals surface area contributed by atoms with Crippen molar-refractivity contribution in [1.82, 2.24) is 10.3 Å². The standard InChI is InChI=1S/C25H21FN2O3/c1-16(17-10-12-19(26)13-11-17)28-24(29)21-8-3-4-9-22(21)25-27-15-23(31-25)18-6-5-7-20(14-18)30-2/h3-16H,1-2H3,(H,28,29)/t16-/m1/s1. The number of amides is 1. The number of rotatable bonds is 6. The number of benzene rings is 3. The average Bonchev–Trinajstić information content (AvgIpc) is 3.30. The second kappa shape index (κ2) is 8.83. The number of oxazole rings is 1. The molecule has 31 heavy (non-hydrogen) atoms. The van der Waals surface area contributed by atoms with Gasteiger partial charge in [-0.2, -0.15) is 0 Å². The second-order valence-corrected chi connectivity index (χ2v) is 7.05. The van der Waals surface area contributed by atoms with Gasteiger partial charge in [0.15, 0.2) is 5.76 Å². The van der Waals surface area contributed by atoms with E-state index in [1.54, 1.807) is 43.6 Å². The monoisotopic (exact) mass is 416 g/mol. The number of nitrogens with zero attached hydrogens (tertiary/aromatic N) is 1. The summed E-state index contributed by atoms with van der Waals surface area (Å²) in [6.45, 7) is 1.85. The molecule has 156 valence electrons. The van der Waals surface area contributed by atoms with Gasteiger partial charge in [0.1, 0.15) is 11.6 Å². The van der Waals surface area contributed by atoms with E-state index >= 15 is 0 Å². The number of methoxy groups -OCH3 is 1. The summed E-state index contributed by atoms with van der Waals surface area (Å²) in [6, 6.07) is 20.4. The van der Waals surface area contributed by atoms with Crippen LogP contribution in [0.3, 0.4) is 0 Å². The van der Waals surface area contributed by atoms with Crippen LogP contribution in [0, 0.1) is 5.82 Å². The third-order valence-electron chi connectivity index (χ3n) is 4.98. The number of ether oxygens (including phenoxy) is 1. The first-order valence-electron chi connectivity index (χ1n) is 9.81. The van der Waals surface area contributed by atoms with Crippen LogP contribution >= 0.6 is 0 Å². The maximum atomic E-state index is 13.2. The quantitative estimate of drug-likeness (QED) is 0.441. The molecule has 0 bridgehead atoms. The van der Waals surface area contributed by atoms with Crippen molar-refractivity contribution in [3.05, 3.63) is 95.9 Å². The molecule has 0 saturated heterocycles. The molecule has 0 aliphatic carbocycles. The molecule has 0 aliphatic heterocycles. The van der Waals surface area contributed by atoms with Crippen LogP contribution in [0.1, 0.15) is 28.9 Å². The summed E-state index contributed by atoms with van der Waals surface area (Å²) in [4.78, 5) is 17.4. The molecule has 1 atom stereocenters. The first-order chi connectivity index (χ1) is 15.0. The van der Waals surface area contributed by atoms with Gasteiger partial charge in [0.05, 0.1) is 24.9 Å². The first-order valence-corrected chi connectivity index (χ1v) is 9.81. The van der Waals surface area contributed by atoms with Gasteiger partial charge >= 0.3 is 0 Å². The molecule has 6 heteroatoms. The minimum Gasteiger partial charge on any atom is -0.497 e. The summed E-state index contributed by atoms with van der Waals surface area (Å²) < 4.78 is 24.4. The molecule has 1 N–H and O–H groups in total. The lowest BCUT2D eigenvalue weighted by Gasteiger charge is -2.15. The van der Waals surface area contributed by atoms with Gasteiger partial charge < -0.3 is 14.5 Å². The topological polar surface area (TPSA) is 64.4 Å². The van der Waals surface area contributed by atoms with Crippen LogP contribution in [0.2, 0.25) is 0 Å². The molecule has 5 nitrogen and oxygen atoms in total. The number of hydrogen-bond acceptors (Lipinski definition) is 4. The molecular formula is C25H21FN2O3. The van der Waals surface area contributed by atoms with E-state index in [-0.39, 0.29) is 17.8 Å². The van der Waals surface area contributed by atoms with Crippen molar-refractivity contribution in [3.8, 4) is 28.5 Å². The van der Waals surface area contributed by atoms with Gasteiger partial charge in [0.2, 0.25) is 5.89 Å². The summed E-state index contributed by atoms with van der Waals surface area (Å²) in [5.41, 5.74) is 2.66. The molecule has 1 amide bonds. The maximum Gasteiger partial charge on any atom is 0.252 e. The molecule has 1 aromatic heterocycles. The molecule has 3 aromatic carbocycles. The first kappa shape index (κ1) is 20.3. The van der Waals surface area contributed by atoms with Crippen LogP contribution in [0.25, 0.3) is 22.8 Å². The van der Waals surface area contributed by atoms with Gasteiger partial charge in [-0.3, -0.25) is 4.79 Å². The van der Waals surface area contributed by atoms with E-state index in [0.717, 1.165) is 11.1 Å². The predicted molar refractivity (Wildman–Crippen MR) is 116 cm³/mol. The second-order valence-electron chi connectivity index (χ2n) is 7.05. The Kier molecular flexibility index (Phi) is 5.80. The Balaban J connectivity index is 1.59. The number of halogens is 1. The SMILES string of the molecule is COc1cccc(-c2cnc(-c3ccccc3C(=O)N[C@H](C)c3ccc(F)cc3)o2)c1. The minimum absolute atomic E-state index is 0.270. The van der Waals surface area contributed by atoms with Gasteiger partial charge in [-0.1, -0.05) is 36.4 Å². The van der Waals surface area contributed by atoms with Gasteiger partial charge in [0.25, 0.3) is 5.91 Å². The van der Waals surface area contributed by atoms with Gasteiger partial charge in [-0.05, 0) is 48.9 Å². The summed E-state index contributed by atoms with van der Waals surface area (Å²) >= 11 is 0.